The summed E-state index contributed by atoms with van der Waals surface area (Å²) in [4.78, 5) is 14.2. The van der Waals surface area contributed by atoms with E-state index in [2.05, 4.69) is 10.2 Å². The number of hydrogen-bond acceptors (Lipinski definition) is 3. The number of hydrogen-bond donors (Lipinski definition) is 2. The van der Waals surface area contributed by atoms with Crippen LogP contribution >= 0.6 is 0 Å². The molecule has 1 heterocycles. The van der Waals surface area contributed by atoms with E-state index in [0.717, 1.165) is 32.0 Å². The molecule has 3 N–H and O–H groups in total. The van der Waals surface area contributed by atoms with E-state index in [-0.39, 0.29) is 17.9 Å². The molecule has 0 spiro atoms. The summed E-state index contributed by atoms with van der Waals surface area (Å²) in [6.45, 7) is 2.21. The third kappa shape index (κ3) is 2.01. The van der Waals surface area contributed by atoms with Crippen molar-refractivity contribution in [1.82, 2.24) is 10.2 Å². The fraction of sp³-hybridized carbons (Fsp3) is 0.909. The molecular weight excluding hydrogens is 190 g/mol. The molecule has 3 atom stereocenters. The van der Waals surface area contributed by atoms with Crippen LogP contribution in [0.1, 0.15) is 25.7 Å². The molecule has 1 saturated heterocycles. The van der Waals surface area contributed by atoms with Gasteiger partial charge in [0.15, 0.2) is 0 Å². The molecule has 1 amide bonds. The second-order valence-corrected chi connectivity index (χ2v) is 5.23. The largest absolute Gasteiger partial charge is 0.352 e. The van der Waals surface area contributed by atoms with Gasteiger partial charge in [-0.3, -0.25) is 9.69 Å². The molecule has 4 nitrogen and oxygen atoms in total. The molecule has 15 heavy (non-hydrogen) atoms. The van der Waals surface area contributed by atoms with Crippen LogP contribution in [0.15, 0.2) is 0 Å². The fourth-order valence-electron chi connectivity index (χ4n) is 2.50. The van der Waals surface area contributed by atoms with Gasteiger partial charge in [-0.2, -0.15) is 0 Å². The van der Waals surface area contributed by atoms with Gasteiger partial charge in [-0.1, -0.05) is 0 Å². The number of nitrogens with one attached hydrogen (secondary N) is 1. The van der Waals surface area contributed by atoms with E-state index >= 15 is 0 Å². The Morgan fingerprint density at radius 1 is 1.33 bits per heavy atom. The first-order valence-corrected chi connectivity index (χ1v) is 6.04. The number of carbonyl (C=O) groups excluding carboxylic acids is 1. The molecule has 84 valence electrons. The Hall–Kier alpha value is -0.610. The first-order chi connectivity index (χ1) is 7.24. The number of amides is 1. The second kappa shape index (κ2) is 3.46. The lowest BCUT2D eigenvalue weighted by atomic mass is 10.2. The monoisotopic (exact) mass is 209 g/mol. The van der Waals surface area contributed by atoms with Crippen LogP contribution in [0, 0.1) is 5.92 Å². The Balaban J connectivity index is 1.46. The van der Waals surface area contributed by atoms with E-state index < -0.39 is 0 Å². The first-order valence-electron chi connectivity index (χ1n) is 6.04. The Morgan fingerprint density at radius 2 is 2.07 bits per heavy atom. The summed E-state index contributed by atoms with van der Waals surface area (Å²) < 4.78 is 0. The molecule has 0 aromatic rings. The first kappa shape index (κ1) is 9.60. The van der Waals surface area contributed by atoms with Crippen molar-refractivity contribution in [2.24, 2.45) is 11.7 Å². The maximum Gasteiger partial charge on any atom is 0.224 e. The van der Waals surface area contributed by atoms with Gasteiger partial charge in [-0.25, -0.2) is 0 Å². The van der Waals surface area contributed by atoms with Gasteiger partial charge in [-0.05, 0) is 25.7 Å². The molecule has 3 unspecified atom stereocenters. The number of nitrogens with two attached hydrogens (primary N) is 1. The van der Waals surface area contributed by atoms with Crippen molar-refractivity contribution in [3.8, 4) is 0 Å². The lowest BCUT2D eigenvalue weighted by Crippen LogP contribution is -2.39. The normalized spacial score (nSPS) is 40.5. The fourth-order valence-corrected chi connectivity index (χ4v) is 2.50. The van der Waals surface area contributed by atoms with E-state index in [1.54, 1.807) is 0 Å². The van der Waals surface area contributed by atoms with E-state index in [4.69, 9.17) is 5.73 Å². The Kier molecular flexibility index (Phi) is 2.21. The van der Waals surface area contributed by atoms with Gasteiger partial charge in [0.2, 0.25) is 5.91 Å². The third-order valence-corrected chi connectivity index (χ3v) is 3.81. The van der Waals surface area contributed by atoms with E-state index in [1.807, 2.05) is 0 Å². The highest BCUT2D eigenvalue weighted by atomic mass is 16.2. The van der Waals surface area contributed by atoms with Crippen molar-refractivity contribution in [3.05, 3.63) is 0 Å². The van der Waals surface area contributed by atoms with Crippen molar-refractivity contribution >= 4 is 5.91 Å². The standard InChI is InChI=1S/C11H19N3O/c12-10-5-9(10)11(15)13-7-3-4-14(6-7)8-1-2-8/h7-10H,1-6,12H2,(H,13,15). The van der Waals surface area contributed by atoms with Crippen LogP contribution in [-0.4, -0.2) is 42.0 Å². The highest BCUT2D eigenvalue weighted by Crippen LogP contribution is 2.31. The van der Waals surface area contributed by atoms with Crippen molar-refractivity contribution < 1.29 is 4.79 Å². The number of carbonyl (C=O) groups is 1. The predicted octanol–water partition coefficient (Wildman–Crippen LogP) is -0.313. The Bertz CT molecular complexity index is 277. The summed E-state index contributed by atoms with van der Waals surface area (Å²) in [6.07, 6.45) is 4.71. The highest BCUT2D eigenvalue weighted by Gasteiger charge is 2.42. The van der Waals surface area contributed by atoms with Crippen LogP contribution in [0.3, 0.4) is 0 Å². The quantitative estimate of drug-likeness (QED) is 0.670. The zero-order valence-electron chi connectivity index (χ0n) is 8.98. The minimum atomic E-state index is 0.111. The van der Waals surface area contributed by atoms with Crippen LogP contribution in [0.25, 0.3) is 0 Å². The summed E-state index contributed by atoms with van der Waals surface area (Å²) >= 11 is 0. The van der Waals surface area contributed by atoms with Crippen LogP contribution in [0.2, 0.25) is 0 Å². The van der Waals surface area contributed by atoms with Crippen LogP contribution in [-0.2, 0) is 4.79 Å². The maximum absolute atomic E-state index is 11.7. The van der Waals surface area contributed by atoms with Crippen molar-refractivity contribution in [2.45, 2.75) is 43.8 Å². The average Bonchev–Trinajstić information content (AvgIpc) is 3.10. The van der Waals surface area contributed by atoms with E-state index in [0.29, 0.717) is 6.04 Å². The summed E-state index contributed by atoms with van der Waals surface area (Å²) in [5.74, 6) is 0.296. The lowest BCUT2D eigenvalue weighted by Gasteiger charge is -2.15. The molecule has 2 saturated carbocycles. The van der Waals surface area contributed by atoms with E-state index in [1.165, 1.54) is 12.8 Å². The number of nitrogens with zero attached hydrogens (tertiary/aromatic N) is 1. The van der Waals surface area contributed by atoms with Crippen LogP contribution in [0.4, 0.5) is 0 Å². The summed E-state index contributed by atoms with van der Waals surface area (Å²) in [5.41, 5.74) is 5.66. The molecule has 0 aromatic heterocycles. The van der Waals surface area contributed by atoms with Gasteiger partial charge in [0.05, 0.1) is 5.92 Å². The summed E-state index contributed by atoms with van der Waals surface area (Å²) in [6, 6.07) is 1.34. The Labute approximate surface area is 90.2 Å². The van der Waals surface area contributed by atoms with Gasteiger partial charge in [0.25, 0.3) is 0 Å². The average molecular weight is 209 g/mol. The third-order valence-electron chi connectivity index (χ3n) is 3.81. The van der Waals surface area contributed by atoms with E-state index in [9.17, 15) is 4.79 Å². The minimum Gasteiger partial charge on any atom is -0.352 e. The Morgan fingerprint density at radius 3 is 2.67 bits per heavy atom. The molecular formula is C11H19N3O. The topological polar surface area (TPSA) is 58.4 Å². The lowest BCUT2D eigenvalue weighted by molar-refractivity contribution is -0.123. The smallest absolute Gasteiger partial charge is 0.224 e. The molecule has 2 aliphatic carbocycles. The van der Waals surface area contributed by atoms with Crippen molar-refractivity contribution in [1.29, 1.82) is 0 Å². The summed E-state index contributed by atoms with van der Waals surface area (Å²) in [7, 11) is 0. The molecule has 3 aliphatic rings. The molecule has 1 aliphatic heterocycles. The van der Waals surface area contributed by atoms with Gasteiger partial charge in [0, 0.05) is 31.2 Å². The predicted molar refractivity (Wildman–Crippen MR) is 57.2 cm³/mol. The van der Waals surface area contributed by atoms with Crippen molar-refractivity contribution in [2.75, 3.05) is 13.1 Å². The highest BCUT2D eigenvalue weighted by molar-refractivity contribution is 5.82. The molecule has 0 bridgehead atoms. The maximum atomic E-state index is 11.7. The molecule has 3 rings (SSSR count). The molecule has 0 radical (unpaired) electrons. The molecule has 3 fully saturated rings. The van der Waals surface area contributed by atoms with Crippen LogP contribution in [0.5, 0.6) is 0 Å². The van der Waals surface area contributed by atoms with Gasteiger partial charge in [0.1, 0.15) is 0 Å². The number of likely N-dealkylation sites (tertiary alicyclic amines) is 1. The zero-order chi connectivity index (χ0) is 10.4. The van der Waals surface area contributed by atoms with Gasteiger partial charge < -0.3 is 11.1 Å². The summed E-state index contributed by atoms with van der Waals surface area (Å²) in [5, 5.41) is 3.12. The van der Waals surface area contributed by atoms with Crippen LogP contribution < -0.4 is 11.1 Å². The van der Waals surface area contributed by atoms with Crippen molar-refractivity contribution in [3.63, 3.8) is 0 Å². The second-order valence-electron chi connectivity index (χ2n) is 5.23. The molecule has 4 heteroatoms. The SMILES string of the molecule is NC1CC1C(=O)NC1CCN(C2CC2)C1. The molecule has 0 aromatic carbocycles. The minimum absolute atomic E-state index is 0.111. The van der Waals surface area contributed by atoms with Gasteiger partial charge >= 0.3 is 0 Å². The van der Waals surface area contributed by atoms with Gasteiger partial charge in [-0.15, -0.1) is 0 Å². The number of rotatable bonds is 3. The zero-order valence-corrected chi connectivity index (χ0v) is 8.98.